The minimum atomic E-state index is -1.17. The van der Waals surface area contributed by atoms with Crippen LogP contribution in [0.5, 0.6) is 0 Å². The van der Waals surface area contributed by atoms with E-state index in [0.717, 1.165) is 42.7 Å². The van der Waals surface area contributed by atoms with Crippen molar-refractivity contribution in [2.45, 2.75) is 91.9 Å². The Morgan fingerprint density at radius 3 is 1.86 bits per heavy atom. The number of aromatic carboxylic acids is 2. The first-order valence-corrected chi connectivity index (χ1v) is 10.8. The van der Waals surface area contributed by atoms with Gasteiger partial charge in [0, 0.05) is 0 Å². The minimum absolute atomic E-state index is 0.0145. The molecule has 0 saturated heterocycles. The maximum Gasteiger partial charge on any atom is 0.336 e. The van der Waals surface area contributed by atoms with Crippen molar-refractivity contribution in [1.29, 1.82) is 0 Å². The molecule has 0 radical (unpaired) electrons. The normalized spacial score (nSPS) is 11.4. The van der Waals surface area contributed by atoms with Crippen LogP contribution in [0, 0.1) is 11.8 Å². The molecule has 2 N–H and O–H groups in total. The Bertz CT molecular complexity index is 632. The highest BCUT2D eigenvalue weighted by molar-refractivity contribution is 6.03. The quantitative estimate of drug-likeness (QED) is 0.351. The molecule has 28 heavy (non-hydrogen) atoms. The second-order valence-electron chi connectivity index (χ2n) is 8.74. The van der Waals surface area contributed by atoms with Crippen molar-refractivity contribution >= 4 is 11.9 Å². The van der Waals surface area contributed by atoms with Crippen LogP contribution in [0.4, 0.5) is 0 Å². The fourth-order valence-corrected chi connectivity index (χ4v) is 3.77. The molecule has 0 atom stereocenters. The molecular weight excluding hydrogens is 352 g/mol. The predicted molar refractivity (Wildman–Crippen MR) is 114 cm³/mol. The zero-order chi connectivity index (χ0) is 21.1. The van der Waals surface area contributed by atoms with Gasteiger partial charge in [0.15, 0.2) is 0 Å². The van der Waals surface area contributed by atoms with Gasteiger partial charge < -0.3 is 10.2 Å². The van der Waals surface area contributed by atoms with Crippen LogP contribution >= 0.6 is 0 Å². The highest BCUT2D eigenvalue weighted by atomic mass is 16.4. The molecule has 0 fully saturated rings. The van der Waals surface area contributed by atoms with E-state index in [9.17, 15) is 19.8 Å². The van der Waals surface area contributed by atoms with Gasteiger partial charge in [-0.05, 0) is 48.3 Å². The van der Waals surface area contributed by atoms with Crippen molar-refractivity contribution in [3.8, 4) is 0 Å². The van der Waals surface area contributed by atoms with Crippen LogP contribution in [-0.2, 0) is 12.8 Å². The minimum Gasteiger partial charge on any atom is -0.478 e. The number of hydrogen-bond acceptors (Lipinski definition) is 2. The maximum absolute atomic E-state index is 11.8. The molecule has 0 saturated carbocycles. The van der Waals surface area contributed by atoms with E-state index >= 15 is 0 Å². The van der Waals surface area contributed by atoms with Gasteiger partial charge in [0.25, 0.3) is 0 Å². The lowest BCUT2D eigenvalue weighted by molar-refractivity contribution is 0.0650. The first-order valence-electron chi connectivity index (χ1n) is 10.8. The highest BCUT2D eigenvalue weighted by Crippen LogP contribution is 2.25. The van der Waals surface area contributed by atoms with Crippen molar-refractivity contribution in [1.82, 2.24) is 0 Å². The van der Waals surface area contributed by atoms with Gasteiger partial charge in [0.05, 0.1) is 11.1 Å². The van der Waals surface area contributed by atoms with Crippen molar-refractivity contribution in [2.24, 2.45) is 11.8 Å². The average molecular weight is 391 g/mol. The summed E-state index contributed by atoms with van der Waals surface area (Å²) in [6.45, 7) is 8.71. The Kier molecular flexibility index (Phi) is 10.9. The number of carbonyl (C=O) groups is 2. The van der Waals surface area contributed by atoms with E-state index in [1.165, 1.54) is 38.2 Å². The summed E-state index contributed by atoms with van der Waals surface area (Å²) in [6.07, 6.45) is 10.9. The number of unbranched alkanes of at least 4 members (excludes halogenated alkanes) is 6. The predicted octanol–water partition coefficient (Wildman–Crippen LogP) is 6.60. The third-order valence-corrected chi connectivity index (χ3v) is 5.19. The highest BCUT2D eigenvalue weighted by Gasteiger charge is 2.22. The van der Waals surface area contributed by atoms with Crippen LogP contribution in [0.1, 0.15) is 111 Å². The van der Waals surface area contributed by atoms with E-state index in [0.29, 0.717) is 12.3 Å². The van der Waals surface area contributed by atoms with Gasteiger partial charge in [-0.1, -0.05) is 78.7 Å². The first kappa shape index (κ1) is 24.2. The van der Waals surface area contributed by atoms with E-state index in [4.69, 9.17) is 0 Å². The molecule has 0 aliphatic heterocycles. The molecule has 0 bridgehead atoms. The lowest BCUT2D eigenvalue weighted by atomic mass is 9.88. The molecule has 0 amide bonds. The van der Waals surface area contributed by atoms with Gasteiger partial charge >= 0.3 is 11.9 Å². The summed E-state index contributed by atoms with van der Waals surface area (Å²) in [7, 11) is 0. The number of carboxylic acid groups (broad SMARTS) is 2. The molecule has 4 heteroatoms. The largest absolute Gasteiger partial charge is 0.478 e. The summed E-state index contributed by atoms with van der Waals surface area (Å²) in [6, 6.07) is 3.25. The molecule has 1 aromatic rings. The SMILES string of the molecule is CC(C)CCCCCCCCCc1c(CC(C)C)ccc(C(=O)O)c1C(=O)O. The third-order valence-electron chi connectivity index (χ3n) is 5.19. The van der Waals surface area contributed by atoms with E-state index in [1.807, 2.05) is 0 Å². The fraction of sp³-hybridized carbons (Fsp3) is 0.667. The fourth-order valence-electron chi connectivity index (χ4n) is 3.77. The van der Waals surface area contributed by atoms with Crippen LogP contribution in [-0.4, -0.2) is 22.2 Å². The third kappa shape index (κ3) is 8.45. The molecule has 0 aliphatic carbocycles. The van der Waals surface area contributed by atoms with Crippen LogP contribution in [0.2, 0.25) is 0 Å². The second kappa shape index (κ2) is 12.6. The standard InChI is InChI=1S/C24H38O4/c1-17(2)12-10-8-6-5-7-9-11-13-20-19(16-18(3)4)14-15-21(23(25)26)22(20)24(27)28/h14-15,17-18H,5-13,16H2,1-4H3,(H,25,26)(H,27,28). The van der Waals surface area contributed by atoms with E-state index in [2.05, 4.69) is 27.7 Å². The molecule has 158 valence electrons. The average Bonchev–Trinajstić information content (AvgIpc) is 2.59. The van der Waals surface area contributed by atoms with E-state index in [1.54, 1.807) is 6.07 Å². The molecule has 4 nitrogen and oxygen atoms in total. The van der Waals surface area contributed by atoms with Gasteiger partial charge in [0.2, 0.25) is 0 Å². The summed E-state index contributed by atoms with van der Waals surface area (Å²) in [5, 5.41) is 19.0. The second-order valence-corrected chi connectivity index (χ2v) is 8.74. The molecule has 0 unspecified atom stereocenters. The van der Waals surface area contributed by atoms with Crippen molar-refractivity contribution < 1.29 is 19.8 Å². The molecule has 0 aromatic heterocycles. The Hall–Kier alpha value is -1.84. The Morgan fingerprint density at radius 1 is 0.786 bits per heavy atom. The number of hydrogen-bond donors (Lipinski definition) is 2. The van der Waals surface area contributed by atoms with Crippen LogP contribution in [0.25, 0.3) is 0 Å². The van der Waals surface area contributed by atoms with Gasteiger partial charge in [0.1, 0.15) is 0 Å². The zero-order valence-electron chi connectivity index (χ0n) is 18.1. The van der Waals surface area contributed by atoms with Gasteiger partial charge in [-0.2, -0.15) is 0 Å². The monoisotopic (exact) mass is 390 g/mol. The zero-order valence-corrected chi connectivity index (χ0v) is 18.1. The summed E-state index contributed by atoms with van der Waals surface area (Å²) in [5.41, 5.74) is 1.59. The lowest BCUT2D eigenvalue weighted by Crippen LogP contribution is -2.14. The number of rotatable bonds is 14. The van der Waals surface area contributed by atoms with Crippen LogP contribution < -0.4 is 0 Å². The Morgan fingerprint density at radius 2 is 1.36 bits per heavy atom. The Labute approximate surface area is 170 Å². The maximum atomic E-state index is 11.8. The van der Waals surface area contributed by atoms with Crippen LogP contribution in [0.15, 0.2) is 12.1 Å². The number of carboxylic acids is 2. The van der Waals surface area contributed by atoms with Crippen molar-refractivity contribution in [2.75, 3.05) is 0 Å². The Balaban J connectivity index is 2.68. The van der Waals surface area contributed by atoms with Gasteiger partial charge in [-0.3, -0.25) is 0 Å². The summed E-state index contributed by atoms with van der Waals surface area (Å²) in [4.78, 5) is 23.3. The van der Waals surface area contributed by atoms with Gasteiger partial charge in [-0.15, -0.1) is 0 Å². The van der Waals surface area contributed by atoms with E-state index < -0.39 is 11.9 Å². The summed E-state index contributed by atoms with van der Waals surface area (Å²) in [5.74, 6) is -1.13. The molecule has 0 spiro atoms. The molecule has 0 heterocycles. The molecule has 1 rings (SSSR count). The van der Waals surface area contributed by atoms with Crippen LogP contribution in [0.3, 0.4) is 0 Å². The van der Waals surface area contributed by atoms with Crippen molar-refractivity contribution in [3.63, 3.8) is 0 Å². The molecule has 1 aromatic carbocycles. The first-order chi connectivity index (χ1) is 13.2. The number of benzene rings is 1. The molecular formula is C24H38O4. The van der Waals surface area contributed by atoms with E-state index in [-0.39, 0.29) is 11.1 Å². The summed E-state index contributed by atoms with van der Waals surface area (Å²) < 4.78 is 0. The molecule has 0 aliphatic rings. The summed E-state index contributed by atoms with van der Waals surface area (Å²) >= 11 is 0. The lowest BCUT2D eigenvalue weighted by Gasteiger charge is -2.16. The van der Waals surface area contributed by atoms with Crippen molar-refractivity contribution in [3.05, 3.63) is 34.4 Å². The smallest absolute Gasteiger partial charge is 0.336 e. The van der Waals surface area contributed by atoms with Gasteiger partial charge in [-0.25, -0.2) is 9.59 Å². The topological polar surface area (TPSA) is 74.6 Å².